The first-order valence-electron chi connectivity index (χ1n) is 9.37. The molecule has 0 atom stereocenters. The molecule has 2 aromatic carbocycles. The number of rotatable bonds is 4. The fraction of sp³-hybridized carbons (Fsp3) is 0.391. The lowest BCUT2D eigenvalue weighted by molar-refractivity contribution is -0.117. The minimum atomic E-state index is -0.104. The van der Waals surface area contributed by atoms with E-state index in [9.17, 15) is 9.90 Å². The van der Waals surface area contributed by atoms with Crippen molar-refractivity contribution in [1.29, 1.82) is 0 Å². The molecule has 0 aromatic heterocycles. The number of carbonyl (C=O) groups excluding carboxylic acids is 1. The summed E-state index contributed by atoms with van der Waals surface area (Å²) in [7, 11) is 0. The van der Waals surface area contributed by atoms with E-state index in [0.717, 1.165) is 34.9 Å². The third kappa shape index (κ3) is 3.87. The quantitative estimate of drug-likeness (QED) is 0.590. The molecule has 0 bridgehead atoms. The highest BCUT2D eigenvalue weighted by molar-refractivity contribution is 6.24. The van der Waals surface area contributed by atoms with Gasteiger partial charge in [0.05, 0.1) is 5.57 Å². The molecule has 1 aliphatic carbocycles. The fourth-order valence-corrected chi connectivity index (χ4v) is 3.71. The number of hydrogen-bond acceptors (Lipinski definition) is 3. The lowest BCUT2D eigenvalue weighted by Crippen LogP contribution is -2.33. The van der Waals surface area contributed by atoms with Crippen LogP contribution in [0.4, 0.5) is 0 Å². The van der Waals surface area contributed by atoms with Crippen molar-refractivity contribution in [2.75, 3.05) is 6.54 Å². The largest absolute Gasteiger partial charge is 0.511 e. The van der Waals surface area contributed by atoms with Gasteiger partial charge < -0.3 is 5.11 Å². The molecule has 0 heterocycles. The summed E-state index contributed by atoms with van der Waals surface area (Å²) in [6.07, 6.45) is 2.46. The highest BCUT2D eigenvalue weighted by atomic mass is 16.3. The minimum Gasteiger partial charge on any atom is -0.511 e. The van der Waals surface area contributed by atoms with E-state index in [1.54, 1.807) is 0 Å². The number of Topliss-reactive ketones (excluding diaryl/α,β-unsaturated/α-hetero) is 1. The van der Waals surface area contributed by atoms with Gasteiger partial charge in [0.2, 0.25) is 0 Å². The van der Waals surface area contributed by atoms with E-state index in [0.29, 0.717) is 25.0 Å². The summed E-state index contributed by atoms with van der Waals surface area (Å²) < 4.78 is 0. The van der Waals surface area contributed by atoms with Crippen molar-refractivity contribution in [3.05, 3.63) is 59.4 Å². The number of aliphatic hydroxyl groups excluding tert-OH is 1. The topological polar surface area (TPSA) is 49.7 Å². The van der Waals surface area contributed by atoms with Crippen LogP contribution in [0, 0.1) is 5.41 Å². The Morgan fingerprint density at radius 1 is 1.12 bits per heavy atom. The fourth-order valence-electron chi connectivity index (χ4n) is 3.71. The zero-order chi connectivity index (χ0) is 18.7. The number of allylic oxidation sites excluding steroid dienone is 2. The van der Waals surface area contributed by atoms with Crippen LogP contribution >= 0.6 is 0 Å². The Labute approximate surface area is 155 Å². The summed E-state index contributed by atoms with van der Waals surface area (Å²) in [5.74, 6) is 0.158. The van der Waals surface area contributed by atoms with Crippen molar-refractivity contribution < 1.29 is 9.90 Å². The van der Waals surface area contributed by atoms with E-state index in [1.165, 1.54) is 0 Å². The first-order chi connectivity index (χ1) is 12.4. The molecule has 0 radical (unpaired) electrons. The molecular weight excluding hydrogens is 322 g/mol. The molecule has 26 heavy (non-hydrogen) atoms. The molecular formula is C23H27NO2. The molecule has 0 aliphatic heterocycles. The Balaban J connectivity index is 2.02. The molecule has 3 nitrogen and oxygen atoms in total. The number of aliphatic hydroxyl groups is 1. The second kappa shape index (κ2) is 7.45. The molecule has 1 aliphatic rings. The number of aliphatic imine (C=N–C) groups is 1. The molecule has 3 rings (SSSR count). The third-order valence-electron chi connectivity index (χ3n) is 4.91. The zero-order valence-corrected chi connectivity index (χ0v) is 15.9. The molecule has 1 saturated carbocycles. The number of benzene rings is 2. The summed E-state index contributed by atoms with van der Waals surface area (Å²) in [5.41, 5.74) is 2.14. The Hall–Kier alpha value is -2.42. The molecule has 1 fully saturated rings. The highest BCUT2D eigenvalue weighted by Crippen LogP contribution is 2.36. The first-order valence-corrected chi connectivity index (χ1v) is 9.37. The van der Waals surface area contributed by atoms with Crippen molar-refractivity contribution in [2.45, 2.75) is 46.5 Å². The van der Waals surface area contributed by atoms with Gasteiger partial charge in [-0.3, -0.25) is 9.79 Å². The Morgan fingerprint density at radius 3 is 2.62 bits per heavy atom. The summed E-state index contributed by atoms with van der Waals surface area (Å²) >= 11 is 0. The predicted molar refractivity (Wildman–Crippen MR) is 108 cm³/mol. The van der Waals surface area contributed by atoms with E-state index in [4.69, 9.17) is 0 Å². The molecule has 2 aromatic rings. The summed E-state index contributed by atoms with van der Waals surface area (Å²) in [4.78, 5) is 17.4. The smallest absolute Gasteiger partial charge is 0.168 e. The molecule has 1 N–H and O–H groups in total. The average Bonchev–Trinajstić information content (AvgIpc) is 2.58. The lowest BCUT2D eigenvalue weighted by atomic mass is 9.73. The molecule has 3 heteroatoms. The van der Waals surface area contributed by atoms with Crippen LogP contribution in [0.25, 0.3) is 10.8 Å². The van der Waals surface area contributed by atoms with E-state index in [-0.39, 0.29) is 17.0 Å². The van der Waals surface area contributed by atoms with Crippen LogP contribution in [0.5, 0.6) is 0 Å². The van der Waals surface area contributed by atoms with Gasteiger partial charge in [-0.15, -0.1) is 0 Å². The van der Waals surface area contributed by atoms with Gasteiger partial charge in [0.15, 0.2) is 5.78 Å². The van der Waals surface area contributed by atoms with Crippen LogP contribution in [0.15, 0.2) is 58.8 Å². The van der Waals surface area contributed by atoms with Crippen molar-refractivity contribution in [2.24, 2.45) is 10.4 Å². The predicted octanol–water partition coefficient (Wildman–Crippen LogP) is 5.43. The monoisotopic (exact) mass is 349 g/mol. The van der Waals surface area contributed by atoms with Gasteiger partial charge in [0.25, 0.3) is 0 Å². The van der Waals surface area contributed by atoms with Gasteiger partial charge in [-0.25, -0.2) is 0 Å². The van der Waals surface area contributed by atoms with Gasteiger partial charge in [-0.2, -0.15) is 0 Å². The van der Waals surface area contributed by atoms with Crippen LogP contribution in [-0.4, -0.2) is 23.1 Å². The number of hydrogen-bond donors (Lipinski definition) is 1. The zero-order valence-electron chi connectivity index (χ0n) is 15.9. The molecule has 136 valence electrons. The van der Waals surface area contributed by atoms with Crippen molar-refractivity contribution in [1.82, 2.24) is 0 Å². The van der Waals surface area contributed by atoms with Gasteiger partial charge in [0.1, 0.15) is 5.76 Å². The van der Waals surface area contributed by atoms with E-state index >= 15 is 0 Å². The molecule has 0 unspecified atom stereocenters. The maximum Gasteiger partial charge on any atom is 0.168 e. The van der Waals surface area contributed by atoms with Crippen LogP contribution in [0.1, 0.15) is 45.6 Å². The van der Waals surface area contributed by atoms with Crippen LogP contribution < -0.4 is 0 Å². The standard InChI is InChI=1S/C23H27NO2/c1-4-12-24-19-14-23(2,3)15-21(26)22(19)20(25)13-17-10-7-9-16-8-5-6-11-18(16)17/h5-11,25H,4,12-15H2,1-3H3/b22-20+,24-19?. The second-order valence-corrected chi connectivity index (χ2v) is 7.91. The van der Waals surface area contributed by atoms with E-state index < -0.39 is 0 Å². The summed E-state index contributed by atoms with van der Waals surface area (Å²) in [6.45, 7) is 6.93. The summed E-state index contributed by atoms with van der Waals surface area (Å²) in [5, 5.41) is 13.1. The summed E-state index contributed by atoms with van der Waals surface area (Å²) in [6, 6.07) is 14.2. The molecule has 0 saturated heterocycles. The van der Waals surface area contributed by atoms with E-state index in [2.05, 4.69) is 44.0 Å². The molecule has 0 spiro atoms. The second-order valence-electron chi connectivity index (χ2n) is 7.91. The Morgan fingerprint density at radius 2 is 1.85 bits per heavy atom. The lowest BCUT2D eigenvalue weighted by Gasteiger charge is -2.31. The van der Waals surface area contributed by atoms with Crippen LogP contribution in [0.3, 0.4) is 0 Å². The number of fused-ring (bicyclic) bond motifs is 1. The van der Waals surface area contributed by atoms with Crippen molar-refractivity contribution in [3.63, 3.8) is 0 Å². The third-order valence-corrected chi connectivity index (χ3v) is 4.91. The first kappa shape index (κ1) is 18.4. The Kier molecular flexibility index (Phi) is 5.26. The Bertz CT molecular complexity index is 885. The molecule has 0 amide bonds. The van der Waals surface area contributed by atoms with E-state index in [1.807, 2.05) is 24.3 Å². The maximum absolute atomic E-state index is 12.8. The minimum absolute atomic E-state index is 0.00818. The highest BCUT2D eigenvalue weighted by Gasteiger charge is 2.36. The van der Waals surface area contributed by atoms with Gasteiger partial charge >= 0.3 is 0 Å². The normalized spacial score (nSPS) is 20.6. The van der Waals surface area contributed by atoms with Crippen molar-refractivity contribution in [3.8, 4) is 0 Å². The maximum atomic E-state index is 12.8. The number of nitrogens with zero attached hydrogens (tertiary/aromatic N) is 1. The average molecular weight is 349 g/mol. The number of carbonyl (C=O) groups is 1. The van der Waals surface area contributed by atoms with Crippen LogP contribution in [0.2, 0.25) is 0 Å². The number of ketones is 1. The van der Waals surface area contributed by atoms with Crippen molar-refractivity contribution >= 4 is 22.3 Å². The van der Waals surface area contributed by atoms with Crippen LogP contribution in [-0.2, 0) is 11.2 Å². The SMILES string of the molecule is CCCN=C1CC(C)(C)CC(=O)/C1=C(/O)Cc1cccc2ccccc12. The van der Waals surface area contributed by atoms with Gasteiger partial charge in [-0.1, -0.05) is 63.2 Å². The van der Waals surface area contributed by atoms with Gasteiger partial charge in [0, 0.05) is 25.1 Å². The van der Waals surface area contributed by atoms with Gasteiger partial charge in [-0.05, 0) is 34.6 Å².